The van der Waals surface area contributed by atoms with E-state index in [4.69, 9.17) is 5.73 Å². The van der Waals surface area contributed by atoms with Gasteiger partial charge >= 0.3 is 0 Å². The number of fused-ring (bicyclic) bond motifs is 1. The first-order chi connectivity index (χ1) is 10.5. The molecule has 116 valence electrons. The number of aromatic nitrogens is 5. The first-order valence-electron chi connectivity index (χ1n) is 7.61. The number of nitrogens with two attached hydrogens (primary N) is 1. The maximum Gasteiger partial charge on any atom is 0.183 e. The number of aryl methyl sites for hydroxylation is 3. The highest BCUT2D eigenvalue weighted by atomic mass is 15.3. The second-order valence-electron chi connectivity index (χ2n) is 6.21. The number of nitrogen functional groups attached to an aromatic ring is 1. The summed E-state index contributed by atoms with van der Waals surface area (Å²) in [5, 5.41) is 12.3. The van der Waals surface area contributed by atoms with Gasteiger partial charge in [0.05, 0.1) is 11.6 Å². The van der Waals surface area contributed by atoms with Crippen LogP contribution in [0.15, 0.2) is 12.4 Å². The number of nitrogens with zero attached hydrogens (tertiary/aromatic N) is 4. The lowest BCUT2D eigenvalue weighted by Gasteiger charge is -2.08. The highest BCUT2D eigenvalue weighted by Crippen LogP contribution is 2.32. The molecule has 0 atom stereocenters. The molecule has 0 aliphatic rings. The normalized spacial score (nSPS) is 11.7. The zero-order chi connectivity index (χ0) is 15.9. The van der Waals surface area contributed by atoms with Crippen molar-refractivity contribution >= 4 is 16.9 Å². The van der Waals surface area contributed by atoms with Gasteiger partial charge in [0.1, 0.15) is 5.82 Å². The molecule has 0 radical (unpaired) electrons. The lowest BCUT2D eigenvalue weighted by atomic mass is 10.00. The van der Waals surface area contributed by atoms with Gasteiger partial charge in [-0.15, -0.1) is 0 Å². The molecule has 0 saturated carbocycles. The molecule has 0 aliphatic heterocycles. The third-order valence-electron chi connectivity index (χ3n) is 4.02. The number of pyridine rings is 1. The van der Waals surface area contributed by atoms with E-state index in [1.165, 1.54) is 0 Å². The van der Waals surface area contributed by atoms with Crippen LogP contribution in [0.25, 0.3) is 22.2 Å². The standard InChI is InChI=1S/C16H22N6/c1-9(2)5-6-22-8-12(7-18-22)13-10(3)14-15(17)20-21-16(14)19-11(13)4/h7-9H,5-6H2,1-4H3,(H3,17,19,20,21). The quantitative estimate of drug-likeness (QED) is 0.775. The molecule has 3 aromatic rings. The van der Waals surface area contributed by atoms with Crippen molar-refractivity contribution in [3.8, 4) is 11.1 Å². The van der Waals surface area contributed by atoms with Crippen LogP contribution in [0.2, 0.25) is 0 Å². The van der Waals surface area contributed by atoms with Crippen LogP contribution in [0.4, 0.5) is 5.82 Å². The van der Waals surface area contributed by atoms with Crippen molar-refractivity contribution in [3.05, 3.63) is 23.7 Å². The minimum Gasteiger partial charge on any atom is -0.384 e. The first-order valence-corrected chi connectivity index (χ1v) is 7.61. The fourth-order valence-corrected chi connectivity index (χ4v) is 2.84. The Labute approximate surface area is 129 Å². The molecule has 6 heteroatoms. The lowest BCUT2D eigenvalue weighted by Crippen LogP contribution is -2.01. The number of hydrogen-bond acceptors (Lipinski definition) is 4. The van der Waals surface area contributed by atoms with Gasteiger partial charge in [-0.2, -0.15) is 10.2 Å². The van der Waals surface area contributed by atoms with Crippen LogP contribution < -0.4 is 5.73 Å². The Balaban J connectivity index is 2.04. The van der Waals surface area contributed by atoms with Crippen LogP contribution >= 0.6 is 0 Å². The summed E-state index contributed by atoms with van der Waals surface area (Å²) in [6, 6.07) is 0. The highest BCUT2D eigenvalue weighted by molar-refractivity contribution is 5.94. The monoisotopic (exact) mass is 298 g/mol. The summed E-state index contributed by atoms with van der Waals surface area (Å²) in [6.45, 7) is 9.43. The molecule has 0 saturated heterocycles. The maximum absolute atomic E-state index is 5.98. The minimum absolute atomic E-state index is 0.563. The van der Waals surface area contributed by atoms with Crippen molar-refractivity contribution in [2.45, 2.75) is 40.7 Å². The summed E-state index contributed by atoms with van der Waals surface area (Å²) in [4.78, 5) is 4.56. The molecule has 3 heterocycles. The summed E-state index contributed by atoms with van der Waals surface area (Å²) in [6.07, 6.45) is 5.10. The summed E-state index contributed by atoms with van der Waals surface area (Å²) < 4.78 is 2.00. The Morgan fingerprint density at radius 1 is 1.32 bits per heavy atom. The Morgan fingerprint density at radius 3 is 2.82 bits per heavy atom. The van der Waals surface area contributed by atoms with Crippen molar-refractivity contribution in [2.24, 2.45) is 5.92 Å². The summed E-state index contributed by atoms with van der Waals surface area (Å²) >= 11 is 0. The number of hydrogen-bond donors (Lipinski definition) is 2. The van der Waals surface area contributed by atoms with Gasteiger partial charge in [-0.25, -0.2) is 4.98 Å². The van der Waals surface area contributed by atoms with Gasteiger partial charge in [0, 0.05) is 29.6 Å². The van der Waals surface area contributed by atoms with Crippen LogP contribution in [0.3, 0.4) is 0 Å². The molecule has 22 heavy (non-hydrogen) atoms. The van der Waals surface area contributed by atoms with Crippen molar-refractivity contribution in [3.63, 3.8) is 0 Å². The first kappa shape index (κ1) is 14.6. The number of H-pyrrole nitrogens is 1. The predicted molar refractivity (Wildman–Crippen MR) is 88.5 cm³/mol. The number of aromatic amines is 1. The third kappa shape index (κ3) is 2.45. The summed E-state index contributed by atoms with van der Waals surface area (Å²) in [5.74, 6) is 1.23. The molecule has 0 spiro atoms. The average Bonchev–Trinajstić information content (AvgIpc) is 3.04. The predicted octanol–water partition coefficient (Wildman–Crippen LogP) is 3.07. The van der Waals surface area contributed by atoms with Gasteiger partial charge < -0.3 is 5.73 Å². The van der Waals surface area contributed by atoms with Crippen molar-refractivity contribution in [1.82, 2.24) is 25.0 Å². The Bertz CT molecular complexity index is 812. The topological polar surface area (TPSA) is 85.4 Å². The number of rotatable bonds is 4. The smallest absolute Gasteiger partial charge is 0.183 e. The van der Waals surface area contributed by atoms with E-state index in [0.29, 0.717) is 17.4 Å². The second kappa shape index (κ2) is 5.44. The van der Waals surface area contributed by atoms with Crippen LogP contribution in [0.5, 0.6) is 0 Å². The molecule has 0 amide bonds. The van der Waals surface area contributed by atoms with E-state index in [1.807, 2.05) is 17.8 Å². The third-order valence-corrected chi connectivity index (χ3v) is 4.02. The maximum atomic E-state index is 5.98. The van der Waals surface area contributed by atoms with Crippen LogP contribution in [-0.2, 0) is 6.54 Å². The van der Waals surface area contributed by atoms with E-state index < -0.39 is 0 Å². The Hall–Kier alpha value is -2.37. The summed E-state index contributed by atoms with van der Waals surface area (Å²) in [7, 11) is 0. The van der Waals surface area contributed by atoms with Gasteiger partial charge in [0.25, 0.3) is 0 Å². The summed E-state index contributed by atoms with van der Waals surface area (Å²) in [5.41, 5.74) is 10.9. The van der Waals surface area contributed by atoms with Crippen molar-refractivity contribution < 1.29 is 0 Å². The Morgan fingerprint density at radius 2 is 2.09 bits per heavy atom. The van der Waals surface area contributed by atoms with E-state index >= 15 is 0 Å². The fraction of sp³-hybridized carbons (Fsp3) is 0.438. The van der Waals surface area contributed by atoms with Crippen LogP contribution in [0, 0.1) is 19.8 Å². The molecule has 0 unspecified atom stereocenters. The SMILES string of the molecule is Cc1nc2n[nH]c(N)c2c(C)c1-c1cnn(CCC(C)C)c1. The molecule has 6 nitrogen and oxygen atoms in total. The van der Waals surface area contributed by atoms with Crippen LogP contribution in [-0.4, -0.2) is 25.0 Å². The fourth-order valence-electron chi connectivity index (χ4n) is 2.84. The zero-order valence-electron chi connectivity index (χ0n) is 13.5. The largest absolute Gasteiger partial charge is 0.384 e. The lowest BCUT2D eigenvalue weighted by molar-refractivity contribution is 0.487. The van der Waals surface area contributed by atoms with Gasteiger partial charge in [-0.05, 0) is 31.7 Å². The second-order valence-corrected chi connectivity index (χ2v) is 6.21. The molecule has 3 N–H and O–H groups in total. The molecule has 0 aliphatic carbocycles. The molecule has 3 aromatic heterocycles. The van der Waals surface area contributed by atoms with E-state index in [-0.39, 0.29) is 0 Å². The highest BCUT2D eigenvalue weighted by Gasteiger charge is 2.16. The van der Waals surface area contributed by atoms with E-state index in [0.717, 1.165) is 40.7 Å². The van der Waals surface area contributed by atoms with E-state index in [1.54, 1.807) is 0 Å². The van der Waals surface area contributed by atoms with E-state index in [9.17, 15) is 0 Å². The van der Waals surface area contributed by atoms with Crippen molar-refractivity contribution in [1.29, 1.82) is 0 Å². The van der Waals surface area contributed by atoms with Gasteiger partial charge in [-0.1, -0.05) is 13.8 Å². The Kier molecular flexibility index (Phi) is 3.60. The minimum atomic E-state index is 0.563. The molecule has 0 aromatic carbocycles. The van der Waals surface area contributed by atoms with Gasteiger partial charge in [0.15, 0.2) is 5.65 Å². The number of anilines is 1. The molecule has 0 fully saturated rings. The molecular weight excluding hydrogens is 276 g/mol. The molecule has 0 bridgehead atoms. The van der Waals surface area contributed by atoms with Gasteiger partial charge in [0.2, 0.25) is 0 Å². The number of nitrogens with one attached hydrogen (secondary N) is 1. The molecular formula is C16H22N6. The van der Waals surface area contributed by atoms with Gasteiger partial charge in [-0.3, -0.25) is 9.78 Å². The van der Waals surface area contributed by atoms with E-state index in [2.05, 4.69) is 47.2 Å². The zero-order valence-corrected chi connectivity index (χ0v) is 13.5. The average molecular weight is 298 g/mol. The molecule has 3 rings (SSSR count). The van der Waals surface area contributed by atoms with Crippen LogP contribution in [0.1, 0.15) is 31.5 Å². The van der Waals surface area contributed by atoms with Crippen molar-refractivity contribution in [2.75, 3.05) is 5.73 Å².